The maximum Gasteiger partial charge on any atom is 0.278 e. The van der Waals surface area contributed by atoms with Crippen LogP contribution >= 0.6 is 0 Å². The van der Waals surface area contributed by atoms with Gasteiger partial charge in [-0.2, -0.15) is 5.26 Å². The zero-order valence-corrected chi connectivity index (χ0v) is 10.0. The number of ether oxygens (including phenoxy) is 2. The molecule has 0 aromatic heterocycles. The van der Waals surface area contributed by atoms with E-state index in [2.05, 4.69) is 0 Å². The lowest BCUT2D eigenvalue weighted by molar-refractivity contribution is -0.385. The fourth-order valence-electron chi connectivity index (χ4n) is 1.55. The molecule has 0 heterocycles. The van der Waals surface area contributed by atoms with E-state index in [0.717, 1.165) is 0 Å². The van der Waals surface area contributed by atoms with Crippen LogP contribution < -0.4 is 15.2 Å². The third-order valence-electron chi connectivity index (χ3n) is 2.44. The van der Waals surface area contributed by atoms with Crippen LogP contribution in [0.25, 0.3) is 0 Å². The number of nitro groups is 1. The van der Waals surface area contributed by atoms with Gasteiger partial charge in [0.2, 0.25) is 0 Å². The summed E-state index contributed by atoms with van der Waals surface area (Å²) in [6.45, 7) is 0. The molecule has 0 saturated carbocycles. The van der Waals surface area contributed by atoms with Gasteiger partial charge in [-0.25, -0.2) is 0 Å². The number of methoxy groups -OCH3 is 2. The Morgan fingerprint density at radius 3 is 2.44 bits per heavy atom. The van der Waals surface area contributed by atoms with Crippen molar-refractivity contribution in [1.29, 1.82) is 5.26 Å². The van der Waals surface area contributed by atoms with Crippen molar-refractivity contribution in [3.8, 4) is 17.6 Å². The number of nitro benzene ring substituents is 1. The predicted molar refractivity (Wildman–Crippen MR) is 63.4 cm³/mol. The maximum absolute atomic E-state index is 11.0. The lowest BCUT2D eigenvalue weighted by Gasteiger charge is -2.13. The van der Waals surface area contributed by atoms with Gasteiger partial charge < -0.3 is 15.2 Å². The molecule has 0 aliphatic rings. The summed E-state index contributed by atoms with van der Waals surface area (Å²) in [6, 6.07) is 3.81. The summed E-state index contributed by atoms with van der Waals surface area (Å²) in [5.74, 6) is 0.587. The molecule has 0 amide bonds. The standard InChI is InChI=1S/C11H13N3O4/c1-17-10-5-7(8(13)3-4-12)9(14(15)16)6-11(10)18-2/h5-6,8H,3,13H2,1-2H3/t8-/m0/s1. The number of hydrogen-bond donors (Lipinski definition) is 1. The normalized spacial score (nSPS) is 11.4. The fraction of sp³-hybridized carbons (Fsp3) is 0.364. The van der Waals surface area contributed by atoms with Gasteiger partial charge in [-0.15, -0.1) is 0 Å². The number of rotatable bonds is 5. The van der Waals surface area contributed by atoms with Crippen LogP contribution in [0.2, 0.25) is 0 Å². The Hall–Kier alpha value is -2.33. The second kappa shape index (κ2) is 5.84. The van der Waals surface area contributed by atoms with Crippen molar-refractivity contribution in [1.82, 2.24) is 0 Å². The van der Waals surface area contributed by atoms with Crippen LogP contribution in [-0.4, -0.2) is 19.1 Å². The summed E-state index contributed by atoms with van der Waals surface area (Å²) in [7, 11) is 2.81. The molecule has 7 heteroatoms. The summed E-state index contributed by atoms with van der Waals surface area (Å²) >= 11 is 0. The molecule has 1 aromatic rings. The largest absolute Gasteiger partial charge is 0.493 e. The number of nitrogens with zero attached hydrogens (tertiary/aromatic N) is 2. The van der Waals surface area contributed by atoms with Crippen LogP contribution in [0.1, 0.15) is 18.0 Å². The van der Waals surface area contributed by atoms with Crippen LogP contribution in [0.15, 0.2) is 12.1 Å². The quantitative estimate of drug-likeness (QED) is 0.627. The van der Waals surface area contributed by atoms with Crippen LogP contribution in [0.3, 0.4) is 0 Å². The van der Waals surface area contributed by atoms with Crippen LogP contribution in [0.5, 0.6) is 11.5 Å². The first-order valence-corrected chi connectivity index (χ1v) is 5.08. The number of nitrogens with two attached hydrogens (primary N) is 1. The minimum Gasteiger partial charge on any atom is -0.493 e. The van der Waals surface area contributed by atoms with E-state index in [9.17, 15) is 10.1 Å². The van der Waals surface area contributed by atoms with E-state index >= 15 is 0 Å². The van der Waals surface area contributed by atoms with E-state index in [1.165, 1.54) is 26.4 Å². The smallest absolute Gasteiger partial charge is 0.278 e. The summed E-state index contributed by atoms with van der Waals surface area (Å²) in [4.78, 5) is 10.4. The molecular formula is C11H13N3O4. The molecule has 0 unspecified atom stereocenters. The highest BCUT2D eigenvalue weighted by Crippen LogP contribution is 2.37. The van der Waals surface area contributed by atoms with E-state index < -0.39 is 11.0 Å². The maximum atomic E-state index is 11.0. The first-order chi connectivity index (χ1) is 8.54. The van der Waals surface area contributed by atoms with E-state index in [1.807, 2.05) is 6.07 Å². The van der Waals surface area contributed by atoms with Crippen molar-refractivity contribution in [2.45, 2.75) is 12.5 Å². The van der Waals surface area contributed by atoms with Crippen molar-refractivity contribution in [3.63, 3.8) is 0 Å². The lowest BCUT2D eigenvalue weighted by Crippen LogP contribution is -2.12. The highest BCUT2D eigenvalue weighted by molar-refractivity contribution is 5.55. The number of hydrogen-bond acceptors (Lipinski definition) is 6. The van der Waals surface area contributed by atoms with Gasteiger partial charge in [0, 0.05) is 6.04 Å². The Morgan fingerprint density at radius 1 is 1.44 bits per heavy atom. The van der Waals surface area contributed by atoms with Crippen molar-refractivity contribution >= 4 is 5.69 Å². The van der Waals surface area contributed by atoms with Gasteiger partial charge in [0.05, 0.1) is 43.3 Å². The van der Waals surface area contributed by atoms with Crippen molar-refractivity contribution in [3.05, 3.63) is 27.8 Å². The second-order valence-corrected chi connectivity index (χ2v) is 3.49. The molecule has 1 aromatic carbocycles. The number of nitriles is 1. The summed E-state index contributed by atoms with van der Waals surface area (Å²) in [6.07, 6.45) is -0.0175. The van der Waals surface area contributed by atoms with Crippen molar-refractivity contribution in [2.75, 3.05) is 14.2 Å². The topological polar surface area (TPSA) is 111 Å². The van der Waals surface area contributed by atoms with Crippen molar-refractivity contribution in [2.24, 2.45) is 5.73 Å². The molecule has 0 fully saturated rings. The lowest BCUT2D eigenvalue weighted by atomic mass is 10.0. The molecular weight excluding hydrogens is 238 g/mol. The van der Waals surface area contributed by atoms with Crippen LogP contribution in [0, 0.1) is 21.4 Å². The SMILES string of the molecule is COc1cc([C@@H](N)CC#N)c([N+](=O)[O-])cc1OC. The monoisotopic (exact) mass is 251 g/mol. The zero-order valence-electron chi connectivity index (χ0n) is 10.0. The average Bonchev–Trinajstić information content (AvgIpc) is 2.37. The van der Waals surface area contributed by atoms with E-state index in [4.69, 9.17) is 20.5 Å². The third kappa shape index (κ3) is 2.67. The Bertz CT molecular complexity index is 496. The summed E-state index contributed by atoms with van der Waals surface area (Å²) in [5, 5.41) is 19.6. The van der Waals surface area contributed by atoms with Gasteiger partial charge in [0.15, 0.2) is 11.5 Å². The highest BCUT2D eigenvalue weighted by atomic mass is 16.6. The molecule has 1 rings (SSSR count). The molecule has 0 saturated heterocycles. The minimum absolute atomic E-state index is 0.0175. The average molecular weight is 251 g/mol. The molecule has 0 aliphatic heterocycles. The molecule has 7 nitrogen and oxygen atoms in total. The Morgan fingerprint density at radius 2 is 2.00 bits per heavy atom. The first-order valence-electron chi connectivity index (χ1n) is 5.08. The minimum atomic E-state index is -0.741. The number of benzene rings is 1. The Kier molecular flexibility index (Phi) is 4.45. The Labute approximate surface area is 104 Å². The molecule has 1 atom stereocenters. The molecule has 18 heavy (non-hydrogen) atoms. The molecule has 2 N–H and O–H groups in total. The third-order valence-corrected chi connectivity index (χ3v) is 2.44. The van der Waals surface area contributed by atoms with Gasteiger partial charge in [0.25, 0.3) is 5.69 Å². The molecule has 96 valence electrons. The summed E-state index contributed by atoms with van der Waals surface area (Å²) in [5.41, 5.74) is 5.80. The van der Waals surface area contributed by atoms with Gasteiger partial charge in [-0.05, 0) is 6.07 Å². The van der Waals surface area contributed by atoms with Crippen LogP contribution in [0.4, 0.5) is 5.69 Å². The van der Waals surface area contributed by atoms with Gasteiger partial charge >= 0.3 is 0 Å². The van der Waals surface area contributed by atoms with E-state index in [-0.39, 0.29) is 23.4 Å². The molecule has 0 radical (unpaired) electrons. The molecule has 0 bridgehead atoms. The predicted octanol–water partition coefficient (Wildman–Crippen LogP) is 1.53. The molecule has 0 spiro atoms. The summed E-state index contributed by atoms with van der Waals surface area (Å²) < 4.78 is 10.0. The fourth-order valence-corrected chi connectivity index (χ4v) is 1.55. The van der Waals surface area contributed by atoms with Gasteiger partial charge in [-0.1, -0.05) is 0 Å². The van der Waals surface area contributed by atoms with Crippen LogP contribution in [-0.2, 0) is 0 Å². The van der Waals surface area contributed by atoms with E-state index in [0.29, 0.717) is 5.75 Å². The highest BCUT2D eigenvalue weighted by Gasteiger charge is 2.23. The van der Waals surface area contributed by atoms with Gasteiger partial charge in [-0.3, -0.25) is 10.1 Å². The Balaban J connectivity index is 3.38. The zero-order chi connectivity index (χ0) is 13.7. The van der Waals surface area contributed by atoms with Crippen molar-refractivity contribution < 1.29 is 14.4 Å². The van der Waals surface area contributed by atoms with Gasteiger partial charge in [0.1, 0.15) is 0 Å². The second-order valence-electron chi connectivity index (χ2n) is 3.49. The first kappa shape index (κ1) is 13.7. The molecule has 0 aliphatic carbocycles. The van der Waals surface area contributed by atoms with E-state index in [1.54, 1.807) is 0 Å².